The summed E-state index contributed by atoms with van der Waals surface area (Å²) in [6, 6.07) is 8.60. The number of carbonyl (C=O) groups is 1. The van der Waals surface area contributed by atoms with Gasteiger partial charge in [-0.15, -0.1) is 0 Å². The SMILES string of the molecule is COc1cc(/C=N\NC(=O)[C@@H]2CCCN2S(=O)(=O)c2ccc(Cl)cc2)cc(I)c1OC. The van der Waals surface area contributed by atoms with E-state index in [1.165, 1.54) is 41.9 Å². The van der Waals surface area contributed by atoms with Crippen LogP contribution in [0.15, 0.2) is 46.4 Å². The van der Waals surface area contributed by atoms with Gasteiger partial charge >= 0.3 is 0 Å². The molecular formula is C20H21ClIN3O5S. The molecule has 0 aromatic heterocycles. The minimum Gasteiger partial charge on any atom is -0.493 e. The van der Waals surface area contributed by atoms with Gasteiger partial charge in [-0.2, -0.15) is 9.41 Å². The Morgan fingerprint density at radius 3 is 2.61 bits per heavy atom. The number of nitrogens with zero attached hydrogens (tertiary/aromatic N) is 2. The van der Waals surface area contributed by atoms with E-state index >= 15 is 0 Å². The number of carbonyl (C=O) groups excluding carboxylic acids is 1. The number of hydrogen-bond acceptors (Lipinski definition) is 6. The summed E-state index contributed by atoms with van der Waals surface area (Å²) in [5, 5.41) is 4.43. The summed E-state index contributed by atoms with van der Waals surface area (Å²) in [5.41, 5.74) is 3.14. The number of ether oxygens (including phenoxy) is 2. The fraction of sp³-hybridized carbons (Fsp3) is 0.300. The van der Waals surface area contributed by atoms with Crippen LogP contribution in [0.1, 0.15) is 18.4 Å². The second kappa shape index (κ2) is 10.2. The van der Waals surface area contributed by atoms with Crippen molar-refractivity contribution >= 4 is 56.3 Å². The number of hydrogen-bond donors (Lipinski definition) is 1. The standard InChI is InChI=1S/C20H21ClIN3O5S/c1-29-18-11-13(10-16(22)19(18)30-2)12-23-24-20(26)17-4-3-9-25(17)31(27,28)15-7-5-14(21)6-8-15/h5-8,10-12,17H,3-4,9H2,1-2H3,(H,24,26)/b23-12-/t17-/m0/s1. The van der Waals surface area contributed by atoms with Crippen LogP contribution in [0.25, 0.3) is 0 Å². The fourth-order valence-electron chi connectivity index (χ4n) is 3.29. The van der Waals surface area contributed by atoms with Crippen LogP contribution in [0.3, 0.4) is 0 Å². The van der Waals surface area contributed by atoms with Gasteiger partial charge in [-0.3, -0.25) is 4.79 Å². The average Bonchev–Trinajstić information content (AvgIpc) is 3.24. The molecule has 166 valence electrons. The molecule has 0 saturated carbocycles. The molecule has 31 heavy (non-hydrogen) atoms. The second-order valence-corrected chi connectivity index (χ2v) is 10.2. The van der Waals surface area contributed by atoms with E-state index < -0.39 is 22.0 Å². The molecule has 1 saturated heterocycles. The Morgan fingerprint density at radius 1 is 1.26 bits per heavy atom. The summed E-state index contributed by atoms with van der Waals surface area (Å²) in [6.07, 6.45) is 2.47. The molecule has 8 nitrogen and oxygen atoms in total. The molecule has 1 aliphatic heterocycles. The van der Waals surface area contributed by atoms with E-state index in [1.54, 1.807) is 13.2 Å². The molecule has 0 aliphatic carbocycles. The van der Waals surface area contributed by atoms with Gasteiger partial charge in [0, 0.05) is 11.6 Å². The van der Waals surface area contributed by atoms with Gasteiger partial charge in [0.25, 0.3) is 5.91 Å². The summed E-state index contributed by atoms with van der Waals surface area (Å²) < 4.78 is 38.6. The van der Waals surface area contributed by atoms with Crippen molar-refractivity contribution in [2.75, 3.05) is 20.8 Å². The number of halogens is 2. The molecule has 1 heterocycles. The van der Waals surface area contributed by atoms with Crippen molar-refractivity contribution in [2.45, 2.75) is 23.8 Å². The minimum absolute atomic E-state index is 0.0972. The van der Waals surface area contributed by atoms with E-state index in [4.69, 9.17) is 21.1 Å². The third-order valence-corrected chi connectivity index (χ3v) is 7.75. The molecule has 1 atom stereocenters. The van der Waals surface area contributed by atoms with Crippen LogP contribution in [0.4, 0.5) is 0 Å². The second-order valence-electron chi connectivity index (χ2n) is 6.70. The largest absolute Gasteiger partial charge is 0.493 e. The third-order valence-electron chi connectivity index (χ3n) is 4.77. The van der Waals surface area contributed by atoms with Gasteiger partial charge in [0.2, 0.25) is 10.0 Å². The van der Waals surface area contributed by atoms with Gasteiger partial charge in [-0.1, -0.05) is 11.6 Å². The highest BCUT2D eigenvalue weighted by Crippen LogP contribution is 2.33. The topological polar surface area (TPSA) is 97.3 Å². The van der Waals surface area contributed by atoms with Crippen molar-refractivity contribution < 1.29 is 22.7 Å². The highest BCUT2D eigenvalue weighted by atomic mass is 127. The monoisotopic (exact) mass is 577 g/mol. The van der Waals surface area contributed by atoms with Gasteiger partial charge in [0.15, 0.2) is 11.5 Å². The van der Waals surface area contributed by atoms with Gasteiger partial charge in [0.05, 0.1) is 28.9 Å². The summed E-state index contributed by atoms with van der Waals surface area (Å²) in [7, 11) is -0.729. The van der Waals surface area contributed by atoms with E-state index in [9.17, 15) is 13.2 Å². The lowest BCUT2D eigenvalue weighted by molar-refractivity contribution is -0.124. The maximum atomic E-state index is 13.0. The van der Waals surface area contributed by atoms with Crippen LogP contribution in [0.5, 0.6) is 11.5 Å². The molecule has 0 radical (unpaired) electrons. The Morgan fingerprint density at radius 2 is 1.97 bits per heavy atom. The Bertz CT molecular complexity index is 1090. The lowest BCUT2D eigenvalue weighted by Crippen LogP contribution is -2.44. The van der Waals surface area contributed by atoms with Crippen molar-refractivity contribution in [3.05, 3.63) is 50.6 Å². The molecule has 1 N–H and O–H groups in total. The third kappa shape index (κ3) is 5.30. The molecule has 1 amide bonds. The van der Waals surface area contributed by atoms with Crippen LogP contribution in [-0.2, 0) is 14.8 Å². The van der Waals surface area contributed by atoms with Crippen LogP contribution in [-0.4, -0.2) is 51.7 Å². The van der Waals surface area contributed by atoms with E-state index in [2.05, 4.69) is 33.1 Å². The Balaban J connectivity index is 1.73. The maximum absolute atomic E-state index is 13.0. The molecule has 2 aromatic rings. The zero-order valence-electron chi connectivity index (χ0n) is 16.8. The number of amides is 1. The summed E-state index contributed by atoms with van der Waals surface area (Å²) >= 11 is 7.96. The summed E-state index contributed by atoms with van der Waals surface area (Å²) in [4.78, 5) is 12.8. The molecule has 0 bridgehead atoms. The van der Waals surface area contributed by atoms with Crippen LogP contribution in [0, 0.1) is 3.57 Å². The summed E-state index contributed by atoms with van der Waals surface area (Å²) in [6.45, 7) is 0.265. The minimum atomic E-state index is -3.82. The smallest absolute Gasteiger partial charge is 0.258 e. The van der Waals surface area contributed by atoms with Crippen molar-refractivity contribution in [2.24, 2.45) is 5.10 Å². The fourth-order valence-corrected chi connectivity index (χ4v) is 5.92. The van der Waals surface area contributed by atoms with Gasteiger partial charge < -0.3 is 9.47 Å². The predicted molar refractivity (Wildman–Crippen MR) is 126 cm³/mol. The quantitative estimate of drug-likeness (QED) is 0.310. The molecular weight excluding hydrogens is 557 g/mol. The number of methoxy groups -OCH3 is 2. The van der Waals surface area contributed by atoms with Gasteiger partial charge in [0.1, 0.15) is 6.04 Å². The van der Waals surface area contributed by atoms with Crippen molar-refractivity contribution in [3.63, 3.8) is 0 Å². The average molecular weight is 578 g/mol. The summed E-state index contributed by atoms with van der Waals surface area (Å²) in [5.74, 6) is 0.665. The van der Waals surface area contributed by atoms with Crippen LogP contribution in [0.2, 0.25) is 5.02 Å². The van der Waals surface area contributed by atoms with E-state index in [1.807, 2.05) is 6.07 Å². The molecule has 0 spiro atoms. The number of benzene rings is 2. The number of hydrazone groups is 1. The first-order valence-electron chi connectivity index (χ1n) is 9.29. The first-order chi connectivity index (χ1) is 14.8. The number of rotatable bonds is 7. The van der Waals surface area contributed by atoms with Crippen LogP contribution < -0.4 is 14.9 Å². The Hall–Kier alpha value is -1.89. The van der Waals surface area contributed by atoms with E-state index in [0.29, 0.717) is 34.9 Å². The molecule has 3 rings (SSSR count). The highest BCUT2D eigenvalue weighted by Gasteiger charge is 2.39. The zero-order valence-corrected chi connectivity index (χ0v) is 20.6. The first kappa shape index (κ1) is 23.8. The molecule has 0 unspecified atom stereocenters. The van der Waals surface area contributed by atoms with E-state index in [-0.39, 0.29) is 11.4 Å². The van der Waals surface area contributed by atoms with Crippen LogP contribution >= 0.6 is 34.2 Å². The first-order valence-corrected chi connectivity index (χ1v) is 12.2. The van der Waals surface area contributed by atoms with Crippen molar-refractivity contribution in [1.82, 2.24) is 9.73 Å². The number of nitrogens with one attached hydrogen (secondary N) is 1. The van der Waals surface area contributed by atoms with Crippen molar-refractivity contribution in [1.29, 1.82) is 0 Å². The highest BCUT2D eigenvalue weighted by molar-refractivity contribution is 14.1. The zero-order chi connectivity index (χ0) is 22.6. The lowest BCUT2D eigenvalue weighted by Gasteiger charge is -2.22. The van der Waals surface area contributed by atoms with Gasteiger partial charge in [-0.05, 0) is 77.4 Å². The molecule has 1 fully saturated rings. The Labute approximate surface area is 199 Å². The van der Waals surface area contributed by atoms with E-state index in [0.717, 1.165) is 3.57 Å². The molecule has 11 heteroatoms. The normalized spacial score (nSPS) is 17.1. The maximum Gasteiger partial charge on any atom is 0.258 e. The number of sulfonamides is 1. The lowest BCUT2D eigenvalue weighted by atomic mass is 10.2. The predicted octanol–water partition coefficient (Wildman–Crippen LogP) is 3.27. The molecule has 2 aromatic carbocycles. The van der Waals surface area contributed by atoms with Crippen molar-refractivity contribution in [3.8, 4) is 11.5 Å². The molecule has 1 aliphatic rings. The van der Waals surface area contributed by atoms with Gasteiger partial charge in [-0.25, -0.2) is 13.8 Å². The Kier molecular flexibility index (Phi) is 7.78.